The van der Waals surface area contributed by atoms with Crippen LogP contribution >= 0.6 is 34.0 Å². The van der Waals surface area contributed by atoms with E-state index in [4.69, 9.17) is 0 Å². The van der Waals surface area contributed by atoms with E-state index < -0.39 is 0 Å². The highest BCUT2D eigenvalue weighted by Gasteiger charge is 2.11. The van der Waals surface area contributed by atoms with E-state index >= 15 is 0 Å². The summed E-state index contributed by atoms with van der Waals surface area (Å²) in [5, 5.41) is 8.69. The van der Waals surface area contributed by atoms with E-state index in [-0.39, 0.29) is 0 Å². The van der Waals surface area contributed by atoms with Crippen LogP contribution in [0.25, 0.3) is 9.40 Å². The Labute approximate surface area is 100 Å². The first-order valence-electron chi connectivity index (χ1n) is 4.57. The first kappa shape index (κ1) is 9.39. The van der Waals surface area contributed by atoms with Gasteiger partial charge in [0.05, 0.1) is 16.1 Å². The highest BCUT2D eigenvalue weighted by molar-refractivity contribution is 7.27. The van der Waals surface area contributed by atoms with Gasteiger partial charge in [0.25, 0.3) is 0 Å². The Bertz CT molecular complexity index is 561. The topological polar surface area (TPSA) is 3.24 Å². The van der Waals surface area contributed by atoms with Crippen LogP contribution in [-0.4, -0.2) is 7.05 Å². The maximum Gasteiger partial charge on any atom is 0.0698 e. The van der Waals surface area contributed by atoms with Gasteiger partial charge in [-0.15, -0.1) is 22.7 Å². The van der Waals surface area contributed by atoms with E-state index in [1.165, 1.54) is 20.8 Å². The molecule has 3 aromatic heterocycles. The number of nitrogens with zero attached hydrogens (tertiary/aromatic N) is 1. The molecule has 0 aliphatic carbocycles. The van der Waals surface area contributed by atoms with Gasteiger partial charge in [-0.2, -0.15) is 11.3 Å². The fourth-order valence-corrected chi connectivity index (χ4v) is 4.40. The van der Waals surface area contributed by atoms with E-state index in [0.717, 1.165) is 0 Å². The van der Waals surface area contributed by atoms with Gasteiger partial charge in [0.15, 0.2) is 0 Å². The van der Waals surface area contributed by atoms with Gasteiger partial charge in [-0.05, 0) is 22.9 Å². The van der Waals surface area contributed by atoms with Crippen LogP contribution in [-0.2, 0) is 0 Å². The van der Waals surface area contributed by atoms with Crippen molar-refractivity contribution < 1.29 is 0 Å². The second kappa shape index (κ2) is 3.63. The zero-order valence-corrected chi connectivity index (χ0v) is 10.6. The minimum atomic E-state index is 1.27. The molecule has 0 aliphatic rings. The highest BCUT2D eigenvalue weighted by atomic mass is 32.1. The molecule has 0 N–H and O–H groups in total. The first-order valence-corrected chi connectivity index (χ1v) is 7.27. The number of thiophene rings is 3. The summed E-state index contributed by atoms with van der Waals surface area (Å²) in [6.07, 6.45) is 0. The number of anilines is 2. The SMILES string of the molecule is CN(c1ccsc1)c1csc2ccsc12. The standard InChI is InChI=1S/C11H9NS3/c1-12(8-2-4-13-6-8)9-7-15-10-3-5-14-11(9)10/h2-7H,1H3. The zero-order chi connectivity index (χ0) is 10.3. The largest absolute Gasteiger partial charge is 0.342 e. The number of rotatable bonds is 2. The summed E-state index contributed by atoms with van der Waals surface area (Å²) < 4.78 is 2.78. The molecule has 0 fully saturated rings. The second-order valence-corrected chi connectivity index (χ2v) is 5.88. The van der Waals surface area contributed by atoms with Crippen LogP contribution in [0.3, 0.4) is 0 Å². The van der Waals surface area contributed by atoms with E-state index in [1.54, 1.807) is 11.3 Å². The third kappa shape index (κ3) is 1.49. The van der Waals surface area contributed by atoms with E-state index in [0.29, 0.717) is 0 Å². The number of fused-ring (bicyclic) bond motifs is 1. The van der Waals surface area contributed by atoms with Gasteiger partial charge in [0.1, 0.15) is 0 Å². The van der Waals surface area contributed by atoms with Crippen LogP contribution in [0.15, 0.2) is 33.7 Å². The molecule has 0 atom stereocenters. The summed E-state index contributed by atoms with van der Waals surface area (Å²) in [6, 6.07) is 4.34. The monoisotopic (exact) mass is 251 g/mol. The van der Waals surface area contributed by atoms with Gasteiger partial charge in [-0.3, -0.25) is 0 Å². The fraction of sp³-hybridized carbons (Fsp3) is 0.0909. The van der Waals surface area contributed by atoms with E-state index in [2.05, 4.69) is 45.6 Å². The molecule has 0 spiro atoms. The molecular weight excluding hydrogens is 242 g/mol. The Balaban J connectivity index is 2.11. The maximum absolute atomic E-state index is 2.26. The van der Waals surface area contributed by atoms with Crippen LogP contribution < -0.4 is 4.90 Å². The highest BCUT2D eigenvalue weighted by Crippen LogP contribution is 2.39. The quantitative estimate of drug-likeness (QED) is 0.633. The predicted octanol–water partition coefficient (Wildman–Crippen LogP) is 4.79. The Morgan fingerprint density at radius 1 is 1.07 bits per heavy atom. The van der Waals surface area contributed by atoms with E-state index in [9.17, 15) is 0 Å². The van der Waals surface area contributed by atoms with Crippen LogP contribution in [0.1, 0.15) is 0 Å². The minimum Gasteiger partial charge on any atom is -0.342 e. The molecule has 0 radical (unpaired) electrons. The Morgan fingerprint density at radius 2 is 2.00 bits per heavy atom. The maximum atomic E-state index is 2.26. The van der Waals surface area contributed by atoms with Crippen LogP contribution in [0, 0.1) is 0 Å². The fourth-order valence-electron chi connectivity index (χ4n) is 1.57. The predicted molar refractivity (Wildman–Crippen MR) is 72.1 cm³/mol. The number of hydrogen-bond acceptors (Lipinski definition) is 4. The normalized spacial score (nSPS) is 11.0. The van der Waals surface area contributed by atoms with Gasteiger partial charge in [-0.1, -0.05) is 0 Å². The van der Waals surface area contributed by atoms with Gasteiger partial charge in [0.2, 0.25) is 0 Å². The molecule has 0 saturated heterocycles. The molecule has 1 nitrogen and oxygen atoms in total. The van der Waals surface area contributed by atoms with Gasteiger partial charge in [-0.25, -0.2) is 0 Å². The third-order valence-electron chi connectivity index (χ3n) is 2.41. The van der Waals surface area contributed by atoms with Crippen molar-refractivity contribution >= 4 is 54.8 Å². The Kier molecular flexibility index (Phi) is 2.27. The summed E-state index contributed by atoms with van der Waals surface area (Å²) in [5.41, 5.74) is 2.59. The smallest absolute Gasteiger partial charge is 0.0698 e. The summed E-state index contributed by atoms with van der Waals surface area (Å²) in [5.74, 6) is 0. The molecule has 0 unspecified atom stereocenters. The van der Waals surface area contributed by atoms with Crippen LogP contribution in [0.2, 0.25) is 0 Å². The molecular formula is C11H9NS3. The minimum absolute atomic E-state index is 1.27. The molecule has 3 aromatic rings. The van der Waals surface area contributed by atoms with Crippen molar-refractivity contribution in [3.8, 4) is 0 Å². The second-order valence-electron chi connectivity index (χ2n) is 3.28. The zero-order valence-electron chi connectivity index (χ0n) is 8.14. The molecule has 3 rings (SSSR count). The molecule has 0 bridgehead atoms. The van der Waals surface area contributed by atoms with Crippen molar-refractivity contribution in [1.82, 2.24) is 0 Å². The van der Waals surface area contributed by atoms with Gasteiger partial charge < -0.3 is 4.90 Å². The lowest BCUT2D eigenvalue weighted by Crippen LogP contribution is -2.06. The molecule has 0 aromatic carbocycles. The van der Waals surface area contributed by atoms with Crippen molar-refractivity contribution in [2.45, 2.75) is 0 Å². The molecule has 3 heterocycles. The average Bonchev–Trinajstić information content (AvgIpc) is 2.94. The lowest BCUT2D eigenvalue weighted by Gasteiger charge is -2.15. The van der Waals surface area contributed by atoms with Crippen molar-refractivity contribution in [3.05, 3.63) is 33.7 Å². The Hall–Kier alpha value is -0.840. The first-order chi connectivity index (χ1) is 7.36. The lowest BCUT2D eigenvalue weighted by atomic mass is 10.4. The van der Waals surface area contributed by atoms with Crippen molar-refractivity contribution in [2.75, 3.05) is 11.9 Å². The van der Waals surface area contributed by atoms with Crippen molar-refractivity contribution in [3.63, 3.8) is 0 Å². The van der Waals surface area contributed by atoms with Crippen LogP contribution in [0.5, 0.6) is 0 Å². The van der Waals surface area contributed by atoms with Gasteiger partial charge in [0, 0.05) is 22.5 Å². The molecule has 0 amide bonds. The van der Waals surface area contributed by atoms with Crippen molar-refractivity contribution in [1.29, 1.82) is 0 Å². The molecule has 4 heteroatoms. The van der Waals surface area contributed by atoms with E-state index in [1.807, 2.05) is 22.7 Å². The average molecular weight is 251 g/mol. The van der Waals surface area contributed by atoms with Crippen LogP contribution in [0.4, 0.5) is 11.4 Å². The lowest BCUT2D eigenvalue weighted by molar-refractivity contribution is 1.24. The molecule has 0 aliphatic heterocycles. The number of hydrogen-bond donors (Lipinski definition) is 0. The summed E-state index contributed by atoms with van der Waals surface area (Å²) in [4.78, 5) is 2.26. The molecule has 76 valence electrons. The third-order valence-corrected chi connectivity index (χ3v) is 5.09. The summed E-state index contributed by atoms with van der Waals surface area (Å²) >= 11 is 5.37. The Morgan fingerprint density at radius 3 is 2.80 bits per heavy atom. The molecule has 15 heavy (non-hydrogen) atoms. The molecule has 0 saturated carbocycles. The van der Waals surface area contributed by atoms with Gasteiger partial charge >= 0.3 is 0 Å². The summed E-state index contributed by atoms with van der Waals surface area (Å²) in [6.45, 7) is 0. The van der Waals surface area contributed by atoms with Crippen molar-refractivity contribution in [2.24, 2.45) is 0 Å². The summed E-state index contributed by atoms with van der Waals surface area (Å²) in [7, 11) is 2.13.